The zero-order chi connectivity index (χ0) is 9.56. The fourth-order valence-electron chi connectivity index (χ4n) is 1.19. The molecule has 0 aliphatic heterocycles. The molecule has 0 spiro atoms. The van der Waals surface area contributed by atoms with Crippen molar-refractivity contribution in [2.75, 3.05) is 5.33 Å². The Morgan fingerprint density at radius 2 is 1.67 bits per heavy atom. The van der Waals surface area contributed by atoms with Gasteiger partial charge in [0, 0.05) is 17.4 Å². The van der Waals surface area contributed by atoms with Gasteiger partial charge >= 0.3 is 0 Å². The molecule has 12 heavy (non-hydrogen) atoms. The first-order chi connectivity index (χ1) is 5.65. The molecule has 0 aromatic rings. The van der Waals surface area contributed by atoms with E-state index in [1.165, 1.54) is 12.8 Å². The van der Waals surface area contributed by atoms with Crippen molar-refractivity contribution in [1.82, 2.24) is 5.32 Å². The van der Waals surface area contributed by atoms with Crippen LogP contribution in [0, 0.1) is 5.92 Å². The summed E-state index contributed by atoms with van der Waals surface area (Å²) < 4.78 is 0. The van der Waals surface area contributed by atoms with Gasteiger partial charge in [0.05, 0.1) is 0 Å². The third-order valence-corrected chi connectivity index (χ3v) is 3.60. The molecule has 1 N–H and O–H groups in total. The normalized spacial score (nSPS) is 16.5. The van der Waals surface area contributed by atoms with E-state index in [-0.39, 0.29) is 0 Å². The Kier molecular flexibility index (Phi) is 7.16. The molecule has 0 aliphatic carbocycles. The Labute approximate surface area is 85.4 Å². The van der Waals surface area contributed by atoms with Crippen LogP contribution >= 0.6 is 15.9 Å². The van der Waals surface area contributed by atoms with Crippen LogP contribution in [0.15, 0.2) is 0 Å². The lowest BCUT2D eigenvalue weighted by atomic mass is 10.0. The smallest absolute Gasteiger partial charge is 0.00749 e. The summed E-state index contributed by atoms with van der Waals surface area (Å²) in [4.78, 5) is 0. The van der Waals surface area contributed by atoms with E-state index in [0.29, 0.717) is 18.0 Å². The number of halogens is 1. The molecule has 0 aliphatic rings. The van der Waals surface area contributed by atoms with Crippen molar-refractivity contribution in [2.45, 2.75) is 52.6 Å². The number of rotatable bonds is 6. The summed E-state index contributed by atoms with van der Waals surface area (Å²) in [5.74, 6) is 0.714. The quantitative estimate of drug-likeness (QED) is 0.698. The number of alkyl halides is 1. The minimum absolute atomic E-state index is 0.620. The standard InChI is InChI=1S/C10H22BrN/c1-5-10(6-2)12-9(4)8(3)7-11/h8-10,12H,5-7H2,1-4H3. The van der Waals surface area contributed by atoms with Crippen molar-refractivity contribution in [1.29, 1.82) is 0 Å². The Balaban J connectivity index is 3.72. The van der Waals surface area contributed by atoms with Crippen molar-refractivity contribution in [2.24, 2.45) is 5.92 Å². The molecule has 2 heteroatoms. The fourth-order valence-corrected chi connectivity index (χ4v) is 1.75. The van der Waals surface area contributed by atoms with E-state index in [9.17, 15) is 0 Å². The number of hydrogen-bond donors (Lipinski definition) is 1. The highest BCUT2D eigenvalue weighted by molar-refractivity contribution is 9.09. The van der Waals surface area contributed by atoms with Gasteiger partial charge in [0.15, 0.2) is 0 Å². The summed E-state index contributed by atoms with van der Waals surface area (Å²) in [5.41, 5.74) is 0. The van der Waals surface area contributed by atoms with Gasteiger partial charge in [-0.3, -0.25) is 0 Å². The molecular weight excluding hydrogens is 214 g/mol. The molecule has 0 amide bonds. The zero-order valence-corrected chi connectivity index (χ0v) is 10.3. The van der Waals surface area contributed by atoms with Gasteiger partial charge in [-0.1, -0.05) is 36.7 Å². The lowest BCUT2D eigenvalue weighted by molar-refractivity contribution is 0.363. The van der Waals surface area contributed by atoms with Gasteiger partial charge in [-0.15, -0.1) is 0 Å². The molecule has 0 saturated carbocycles. The second-order valence-corrected chi connectivity index (χ2v) is 4.25. The lowest BCUT2D eigenvalue weighted by Gasteiger charge is -2.24. The topological polar surface area (TPSA) is 12.0 Å². The first-order valence-corrected chi connectivity index (χ1v) is 6.09. The SMILES string of the molecule is CCC(CC)NC(C)C(C)CBr. The summed E-state index contributed by atoms with van der Waals surface area (Å²) >= 11 is 3.51. The van der Waals surface area contributed by atoms with Crippen LogP contribution in [0.5, 0.6) is 0 Å². The maximum absolute atomic E-state index is 3.64. The highest BCUT2D eigenvalue weighted by Gasteiger charge is 2.13. The Hall–Kier alpha value is 0.440. The molecule has 2 atom stereocenters. The van der Waals surface area contributed by atoms with Crippen molar-refractivity contribution in [3.8, 4) is 0 Å². The van der Waals surface area contributed by atoms with Crippen molar-refractivity contribution in [3.63, 3.8) is 0 Å². The van der Waals surface area contributed by atoms with Crippen molar-refractivity contribution >= 4 is 15.9 Å². The van der Waals surface area contributed by atoms with Crippen LogP contribution < -0.4 is 5.32 Å². The molecule has 0 fully saturated rings. The molecule has 0 heterocycles. The Morgan fingerprint density at radius 1 is 1.17 bits per heavy atom. The fraction of sp³-hybridized carbons (Fsp3) is 1.00. The predicted molar refractivity (Wildman–Crippen MR) is 59.9 cm³/mol. The maximum atomic E-state index is 3.64. The molecule has 0 bridgehead atoms. The highest BCUT2D eigenvalue weighted by Crippen LogP contribution is 2.08. The van der Waals surface area contributed by atoms with Crippen LogP contribution in [0.2, 0.25) is 0 Å². The van der Waals surface area contributed by atoms with Gasteiger partial charge in [-0.25, -0.2) is 0 Å². The van der Waals surface area contributed by atoms with Gasteiger partial charge in [0.25, 0.3) is 0 Å². The molecule has 1 nitrogen and oxygen atoms in total. The minimum Gasteiger partial charge on any atom is -0.311 e. The number of hydrogen-bond acceptors (Lipinski definition) is 1. The Morgan fingerprint density at radius 3 is 2.00 bits per heavy atom. The molecule has 0 saturated heterocycles. The van der Waals surface area contributed by atoms with Crippen LogP contribution in [0.3, 0.4) is 0 Å². The third-order valence-electron chi connectivity index (χ3n) is 2.58. The first kappa shape index (κ1) is 12.4. The van der Waals surface area contributed by atoms with Gasteiger partial charge in [-0.2, -0.15) is 0 Å². The van der Waals surface area contributed by atoms with Crippen LogP contribution in [-0.2, 0) is 0 Å². The summed E-state index contributed by atoms with van der Waals surface area (Å²) in [7, 11) is 0. The minimum atomic E-state index is 0.620. The van der Waals surface area contributed by atoms with Gasteiger partial charge in [0.1, 0.15) is 0 Å². The van der Waals surface area contributed by atoms with Crippen molar-refractivity contribution < 1.29 is 0 Å². The summed E-state index contributed by atoms with van der Waals surface area (Å²) in [6, 6.07) is 1.32. The van der Waals surface area contributed by atoms with E-state index in [4.69, 9.17) is 0 Å². The zero-order valence-electron chi connectivity index (χ0n) is 8.73. The highest BCUT2D eigenvalue weighted by atomic mass is 79.9. The number of nitrogens with one attached hydrogen (secondary N) is 1. The van der Waals surface area contributed by atoms with Crippen LogP contribution in [0.4, 0.5) is 0 Å². The summed E-state index contributed by atoms with van der Waals surface area (Å²) in [5, 5.41) is 4.72. The van der Waals surface area contributed by atoms with E-state index in [1.54, 1.807) is 0 Å². The summed E-state index contributed by atoms with van der Waals surface area (Å²) in [6.07, 6.45) is 2.46. The summed E-state index contributed by atoms with van der Waals surface area (Å²) in [6.45, 7) is 9.03. The van der Waals surface area contributed by atoms with Gasteiger partial charge in [-0.05, 0) is 25.7 Å². The van der Waals surface area contributed by atoms with Crippen LogP contribution in [0.25, 0.3) is 0 Å². The van der Waals surface area contributed by atoms with Gasteiger partial charge < -0.3 is 5.32 Å². The second kappa shape index (κ2) is 6.90. The van der Waals surface area contributed by atoms with Crippen molar-refractivity contribution in [3.05, 3.63) is 0 Å². The molecule has 74 valence electrons. The first-order valence-electron chi connectivity index (χ1n) is 4.97. The molecule has 0 rings (SSSR count). The molecule has 0 radical (unpaired) electrons. The van der Waals surface area contributed by atoms with E-state index in [1.807, 2.05) is 0 Å². The van der Waals surface area contributed by atoms with E-state index in [2.05, 4.69) is 48.9 Å². The maximum Gasteiger partial charge on any atom is 0.00749 e. The largest absolute Gasteiger partial charge is 0.311 e. The van der Waals surface area contributed by atoms with E-state index >= 15 is 0 Å². The van der Waals surface area contributed by atoms with E-state index in [0.717, 1.165) is 5.33 Å². The molecule has 2 unspecified atom stereocenters. The van der Waals surface area contributed by atoms with Gasteiger partial charge in [0.2, 0.25) is 0 Å². The second-order valence-electron chi connectivity index (χ2n) is 3.60. The molecule has 0 aromatic heterocycles. The Bertz CT molecular complexity index is 102. The average molecular weight is 236 g/mol. The van der Waals surface area contributed by atoms with Crippen LogP contribution in [-0.4, -0.2) is 17.4 Å². The van der Waals surface area contributed by atoms with E-state index < -0.39 is 0 Å². The molecule has 0 aromatic carbocycles. The lowest BCUT2D eigenvalue weighted by Crippen LogP contribution is -2.40. The molecular formula is C10H22BrN. The van der Waals surface area contributed by atoms with Crippen LogP contribution in [0.1, 0.15) is 40.5 Å². The predicted octanol–water partition coefficient (Wildman–Crippen LogP) is 3.18. The average Bonchev–Trinajstić information content (AvgIpc) is 2.12. The monoisotopic (exact) mass is 235 g/mol. The third kappa shape index (κ3) is 4.46.